The average molecular weight is 604 g/mol. The second kappa shape index (κ2) is 19.8. The van der Waals surface area contributed by atoms with E-state index in [1.807, 2.05) is 0 Å². The molecule has 0 unspecified atom stereocenters. The van der Waals surface area contributed by atoms with Crippen LogP contribution in [0.25, 0.3) is 11.1 Å². The number of allylic oxidation sites excluding steroid dienone is 2. The van der Waals surface area contributed by atoms with E-state index in [-0.39, 0.29) is 0 Å². The van der Waals surface area contributed by atoms with Gasteiger partial charge < -0.3 is 9.47 Å². The lowest BCUT2D eigenvalue weighted by Crippen LogP contribution is -2.32. The normalized spacial score (nSPS) is 12.2. The molecule has 0 aliphatic rings. The van der Waals surface area contributed by atoms with Gasteiger partial charge in [-0.1, -0.05) is 38.1 Å². The van der Waals surface area contributed by atoms with Crippen LogP contribution in [-0.4, -0.2) is 85.8 Å². The van der Waals surface area contributed by atoms with Crippen molar-refractivity contribution < 1.29 is 9.47 Å². The van der Waals surface area contributed by atoms with Gasteiger partial charge in [-0.2, -0.15) is 0 Å². The standard InChI is InChI=1S/C30H42Cl4N2O2/c1-3-29(25-5-9-27(10-6-25)37-23-21-35(17-13-31)18-14-32)30(4-2)26-7-11-28(12-8-26)38-24-22-36(19-15-33)20-16-34/h5-12H,3-4,13-24H2,1-2H3/b30-29-. The lowest BCUT2D eigenvalue weighted by molar-refractivity contribution is 0.224. The summed E-state index contributed by atoms with van der Waals surface area (Å²) in [5.74, 6) is 4.12. The maximum Gasteiger partial charge on any atom is 0.119 e. The predicted octanol–water partition coefficient (Wildman–Crippen LogP) is 7.73. The highest BCUT2D eigenvalue weighted by atomic mass is 35.5. The van der Waals surface area contributed by atoms with Crippen LogP contribution >= 0.6 is 46.4 Å². The third-order valence-corrected chi connectivity index (χ3v) is 7.11. The van der Waals surface area contributed by atoms with Crippen LogP contribution in [0.3, 0.4) is 0 Å². The van der Waals surface area contributed by atoms with Crippen LogP contribution < -0.4 is 9.47 Å². The zero-order valence-electron chi connectivity index (χ0n) is 22.7. The first kappa shape index (κ1) is 33.1. The fourth-order valence-corrected chi connectivity index (χ4v) is 5.38. The van der Waals surface area contributed by atoms with Crippen molar-refractivity contribution in [1.29, 1.82) is 0 Å². The minimum atomic E-state index is 0.593. The summed E-state index contributed by atoms with van der Waals surface area (Å²) in [6, 6.07) is 16.9. The van der Waals surface area contributed by atoms with Crippen molar-refractivity contribution in [1.82, 2.24) is 9.80 Å². The summed E-state index contributed by atoms with van der Waals surface area (Å²) in [6.45, 7) is 10.5. The number of hydrogen-bond donors (Lipinski definition) is 0. The third-order valence-electron chi connectivity index (χ3n) is 6.43. The Labute approximate surface area is 249 Å². The summed E-state index contributed by atoms with van der Waals surface area (Å²) >= 11 is 23.5. The van der Waals surface area contributed by atoms with Crippen LogP contribution in [0.5, 0.6) is 11.5 Å². The molecule has 2 aromatic carbocycles. The Hall–Kier alpha value is -1.14. The molecular weight excluding hydrogens is 562 g/mol. The van der Waals surface area contributed by atoms with Crippen molar-refractivity contribution in [3.63, 3.8) is 0 Å². The Morgan fingerprint density at radius 1 is 0.526 bits per heavy atom. The van der Waals surface area contributed by atoms with Gasteiger partial charge in [0, 0.05) is 62.8 Å². The molecule has 0 heterocycles. The van der Waals surface area contributed by atoms with Crippen LogP contribution in [0.15, 0.2) is 48.5 Å². The van der Waals surface area contributed by atoms with E-state index in [4.69, 9.17) is 55.9 Å². The molecule has 8 heteroatoms. The van der Waals surface area contributed by atoms with E-state index in [0.29, 0.717) is 36.7 Å². The molecule has 2 aromatic rings. The lowest BCUT2D eigenvalue weighted by Gasteiger charge is -2.20. The molecule has 2 rings (SSSR count). The molecule has 0 saturated heterocycles. The molecule has 0 bridgehead atoms. The van der Waals surface area contributed by atoms with Crippen molar-refractivity contribution in [3.05, 3.63) is 59.7 Å². The first-order valence-corrected chi connectivity index (χ1v) is 15.6. The average Bonchev–Trinajstić information content (AvgIpc) is 2.93. The highest BCUT2D eigenvalue weighted by Crippen LogP contribution is 2.33. The van der Waals surface area contributed by atoms with Gasteiger partial charge in [-0.05, 0) is 59.4 Å². The Morgan fingerprint density at radius 3 is 1.11 bits per heavy atom. The monoisotopic (exact) mass is 602 g/mol. The number of benzene rings is 2. The molecule has 0 fully saturated rings. The molecule has 0 amide bonds. The molecule has 0 aliphatic heterocycles. The Balaban J connectivity index is 2.02. The molecule has 0 spiro atoms. The van der Waals surface area contributed by atoms with Crippen LogP contribution in [-0.2, 0) is 0 Å². The fourth-order valence-electron chi connectivity index (χ4n) is 4.42. The number of ether oxygens (including phenoxy) is 2. The third kappa shape index (κ3) is 11.5. The molecular formula is C30H42Cl4N2O2. The molecule has 0 radical (unpaired) electrons. The van der Waals surface area contributed by atoms with E-state index in [1.165, 1.54) is 22.3 Å². The van der Waals surface area contributed by atoms with Crippen molar-refractivity contribution in [3.8, 4) is 11.5 Å². The van der Waals surface area contributed by atoms with Gasteiger partial charge in [0.25, 0.3) is 0 Å². The van der Waals surface area contributed by atoms with Crippen LogP contribution in [0.1, 0.15) is 37.8 Å². The van der Waals surface area contributed by atoms with Crippen molar-refractivity contribution >= 4 is 57.5 Å². The molecule has 0 atom stereocenters. The van der Waals surface area contributed by atoms with Gasteiger partial charge in [-0.3, -0.25) is 9.80 Å². The van der Waals surface area contributed by atoms with Crippen LogP contribution in [0.4, 0.5) is 0 Å². The summed E-state index contributed by atoms with van der Waals surface area (Å²) in [4.78, 5) is 4.43. The second-order valence-electron chi connectivity index (χ2n) is 8.85. The van der Waals surface area contributed by atoms with Gasteiger partial charge in [-0.15, -0.1) is 46.4 Å². The van der Waals surface area contributed by atoms with E-state index in [0.717, 1.165) is 63.6 Å². The highest BCUT2D eigenvalue weighted by molar-refractivity contribution is 6.18. The summed E-state index contributed by atoms with van der Waals surface area (Å²) in [5.41, 5.74) is 5.14. The van der Waals surface area contributed by atoms with Crippen molar-refractivity contribution in [2.45, 2.75) is 26.7 Å². The minimum Gasteiger partial charge on any atom is -0.492 e. The lowest BCUT2D eigenvalue weighted by atomic mass is 9.91. The maximum atomic E-state index is 5.98. The summed E-state index contributed by atoms with van der Waals surface area (Å²) < 4.78 is 12.0. The number of alkyl halides is 4. The number of rotatable bonds is 20. The maximum absolute atomic E-state index is 5.98. The van der Waals surface area contributed by atoms with Crippen LogP contribution in [0, 0.1) is 0 Å². The first-order chi connectivity index (χ1) is 18.6. The molecule has 0 saturated carbocycles. The van der Waals surface area contributed by atoms with E-state index in [9.17, 15) is 0 Å². The van der Waals surface area contributed by atoms with Crippen LogP contribution in [0.2, 0.25) is 0 Å². The molecule has 38 heavy (non-hydrogen) atoms. The highest BCUT2D eigenvalue weighted by Gasteiger charge is 2.11. The number of nitrogens with zero attached hydrogens (tertiary/aromatic N) is 2. The van der Waals surface area contributed by atoms with Gasteiger partial charge in [0.05, 0.1) is 0 Å². The number of halogens is 4. The minimum absolute atomic E-state index is 0.593. The van der Waals surface area contributed by atoms with E-state index in [1.54, 1.807) is 0 Å². The van der Waals surface area contributed by atoms with E-state index < -0.39 is 0 Å². The fraction of sp³-hybridized carbons (Fsp3) is 0.533. The Kier molecular flexibility index (Phi) is 17.3. The van der Waals surface area contributed by atoms with Gasteiger partial charge in [0.1, 0.15) is 24.7 Å². The second-order valence-corrected chi connectivity index (χ2v) is 10.4. The SMILES string of the molecule is CC/C(=C(\CC)c1ccc(OCCN(CCCl)CCCl)cc1)c1ccc(OCCN(CCCl)CCCl)cc1. The quantitative estimate of drug-likeness (QED) is 0.114. The van der Waals surface area contributed by atoms with Crippen molar-refractivity contribution in [2.75, 3.05) is 76.0 Å². The van der Waals surface area contributed by atoms with Gasteiger partial charge in [0.15, 0.2) is 0 Å². The summed E-state index contributed by atoms with van der Waals surface area (Å²) in [6.07, 6.45) is 1.90. The Morgan fingerprint density at radius 2 is 0.842 bits per heavy atom. The largest absolute Gasteiger partial charge is 0.492 e. The molecule has 0 aliphatic carbocycles. The molecule has 0 aromatic heterocycles. The summed E-state index contributed by atoms with van der Waals surface area (Å²) in [7, 11) is 0. The smallest absolute Gasteiger partial charge is 0.119 e. The predicted molar refractivity (Wildman–Crippen MR) is 167 cm³/mol. The van der Waals surface area contributed by atoms with E-state index >= 15 is 0 Å². The van der Waals surface area contributed by atoms with Crippen molar-refractivity contribution in [2.24, 2.45) is 0 Å². The first-order valence-electron chi connectivity index (χ1n) is 13.5. The number of hydrogen-bond acceptors (Lipinski definition) is 4. The van der Waals surface area contributed by atoms with E-state index in [2.05, 4.69) is 72.2 Å². The molecule has 0 N–H and O–H groups in total. The van der Waals surface area contributed by atoms with Gasteiger partial charge in [0.2, 0.25) is 0 Å². The zero-order valence-corrected chi connectivity index (χ0v) is 25.8. The summed E-state index contributed by atoms with van der Waals surface area (Å²) in [5, 5.41) is 0. The molecule has 212 valence electrons. The Bertz CT molecular complexity index is 835. The van der Waals surface area contributed by atoms with Gasteiger partial charge >= 0.3 is 0 Å². The van der Waals surface area contributed by atoms with Gasteiger partial charge in [-0.25, -0.2) is 0 Å². The topological polar surface area (TPSA) is 24.9 Å². The molecule has 4 nitrogen and oxygen atoms in total. The zero-order chi connectivity index (χ0) is 27.6.